The molecule has 4 nitrogen and oxygen atoms in total. The molecule has 128 valence electrons. The first kappa shape index (κ1) is 16.8. The van der Waals surface area contributed by atoms with Crippen LogP contribution in [0.1, 0.15) is 36.5 Å². The van der Waals surface area contributed by atoms with Gasteiger partial charge in [0.25, 0.3) is 0 Å². The summed E-state index contributed by atoms with van der Waals surface area (Å²) in [5.74, 6) is 2.22. The number of hydrogen-bond donors (Lipinski definition) is 1. The van der Waals surface area contributed by atoms with Crippen molar-refractivity contribution in [2.45, 2.75) is 39.0 Å². The first-order valence-electron chi connectivity index (χ1n) is 8.44. The van der Waals surface area contributed by atoms with E-state index in [-0.39, 0.29) is 6.10 Å². The number of nitrogens with two attached hydrogens (primary N) is 1. The highest BCUT2D eigenvalue weighted by Gasteiger charge is 2.21. The largest absolute Gasteiger partial charge is 0.489 e. The first-order chi connectivity index (χ1) is 11.7. The summed E-state index contributed by atoms with van der Waals surface area (Å²) in [5, 5.41) is 0. The van der Waals surface area contributed by atoms with Crippen molar-refractivity contribution in [1.82, 2.24) is 0 Å². The molecule has 0 spiro atoms. The zero-order valence-electron chi connectivity index (χ0n) is 14.3. The number of benzene rings is 2. The number of rotatable bonds is 7. The van der Waals surface area contributed by atoms with Gasteiger partial charge in [-0.15, -0.1) is 0 Å². The Bertz CT molecular complexity index is 663. The summed E-state index contributed by atoms with van der Waals surface area (Å²) in [6.07, 6.45) is 0.127. The van der Waals surface area contributed by atoms with Gasteiger partial charge in [-0.25, -0.2) is 0 Å². The molecule has 1 aliphatic heterocycles. The maximum atomic E-state index is 6.00. The summed E-state index contributed by atoms with van der Waals surface area (Å²) in [7, 11) is 0. The molecule has 0 aliphatic carbocycles. The lowest BCUT2D eigenvalue weighted by Crippen LogP contribution is -2.38. The molecule has 0 aromatic heterocycles. The lowest BCUT2D eigenvalue weighted by Gasteiger charge is -2.28. The minimum atomic E-state index is 0.127. The third kappa shape index (κ3) is 4.08. The van der Waals surface area contributed by atoms with Crippen LogP contribution in [0.5, 0.6) is 11.5 Å². The van der Waals surface area contributed by atoms with Gasteiger partial charge in [-0.1, -0.05) is 38.1 Å². The van der Waals surface area contributed by atoms with E-state index in [1.165, 1.54) is 5.56 Å². The Morgan fingerprint density at radius 3 is 2.46 bits per heavy atom. The van der Waals surface area contributed by atoms with Crippen molar-refractivity contribution in [1.29, 1.82) is 0 Å². The molecule has 1 saturated heterocycles. The van der Waals surface area contributed by atoms with Crippen LogP contribution in [0.3, 0.4) is 0 Å². The third-order valence-corrected chi connectivity index (χ3v) is 4.21. The van der Waals surface area contributed by atoms with Gasteiger partial charge in [0, 0.05) is 12.1 Å². The van der Waals surface area contributed by atoms with Crippen LogP contribution in [0, 0.1) is 0 Å². The van der Waals surface area contributed by atoms with Crippen molar-refractivity contribution in [3.05, 3.63) is 59.2 Å². The highest BCUT2D eigenvalue weighted by atomic mass is 16.6. The second kappa shape index (κ2) is 7.69. The molecular weight excluding hydrogens is 302 g/mol. The van der Waals surface area contributed by atoms with E-state index >= 15 is 0 Å². The Morgan fingerprint density at radius 1 is 1.12 bits per heavy atom. The SMILES string of the molecule is CC(C)c1ccc(OCc2ccc(CN)cc2OC2COC2)cc1. The van der Waals surface area contributed by atoms with Crippen LogP contribution in [0.15, 0.2) is 42.5 Å². The van der Waals surface area contributed by atoms with Gasteiger partial charge in [-0.3, -0.25) is 0 Å². The van der Waals surface area contributed by atoms with E-state index < -0.39 is 0 Å². The summed E-state index contributed by atoms with van der Waals surface area (Å²) in [5.41, 5.74) is 9.12. The Balaban J connectivity index is 1.68. The standard InChI is InChI=1S/C20H25NO3/c1-14(2)16-5-7-18(8-6-16)23-11-17-4-3-15(10-21)9-20(17)24-19-12-22-13-19/h3-9,14,19H,10-13,21H2,1-2H3. The van der Waals surface area contributed by atoms with Crippen molar-refractivity contribution >= 4 is 0 Å². The van der Waals surface area contributed by atoms with Gasteiger partial charge in [0.05, 0.1) is 13.2 Å². The van der Waals surface area contributed by atoms with Gasteiger partial charge in [0.1, 0.15) is 24.2 Å². The molecule has 4 heteroatoms. The fraction of sp³-hybridized carbons (Fsp3) is 0.400. The summed E-state index contributed by atoms with van der Waals surface area (Å²) in [4.78, 5) is 0. The molecule has 0 atom stereocenters. The van der Waals surface area contributed by atoms with Crippen LogP contribution < -0.4 is 15.2 Å². The second-order valence-electron chi connectivity index (χ2n) is 6.44. The summed E-state index contributed by atoms with van der Waals surface area (Å²) < 4.78 is 17.1. The lowest BCUT2D eigenvalue weighted by molar-refractivity contribution is -0.0802. The van der Waals surface area contributed by atoms with Crippen molar-refractivity contribution in [2.24, 2.45) is 5.73 Å². The van der Waals surface area contributed by atoms with E-state index in [4.69, 9.17) is 19.9 Å². The van der Waals surface area contributed by atoms with Crippen LogP contribution in [0.4, 0.5) is 0 Å². The molecule has 1 fully saturated rings. The predicted octanol–water partition coefficient (Wildman–Crippen LogP) is 3.63. The molecule has 0 bridgehead atoms. The van der Waals surface area contributed by atoms with Gasteiger partial charge < -0.3 is 19.9 Å². The Morgan fingerprint density at radius 2 is 1.88 bits per heavy atom. The Labute approximate surface area is 143 Å². The molecule has 2 aromatic carbocycles. The lowest BCUT2D eigenvalue weighted by atomic mass is 10.0. The zero-order chi connectivity index (χ0) is 16.9. The highest BCUT2D eigenvalue weighted by molar-refractivity contribution is 5.38. The van der Waals surface area contributed by atoms with Crippen LogP contribution in [0.2, 0.25) is 0 Å². The zero-order valence-corrected chi connectivity index (χ0v) is 14.3. The topological polar surface area (TPSA) is 53.7 Å². The Hall–Kier alpha value is -2.04. The highest BCUT2D eigenvalue weighted by Crippen LogP contribution is 2.26. The fourth-order valence-corrected chi connectivity index (χ4v) is 2.53. The predicted molar refractivity (Wildman–Crippen MR) is 94.4 cm³/mol. The third-order valence-electron chi connectivity index (χ3n) is 4.21. The fourth-order valence-electron chi connectivity index (χ4n) is 2.53. The van der Waals surface area contributed by atoms with Crippen LogP contribution in [0.25, 0.3) is 0 Å². The van der Waals surface area contributed by atoms with E-state index in [2.05, 4.69) is 26.0 Å². The van der Waals surface area contributed by atoms with Crippen molar-refractivity contribution in [3.8, 4) is 11.5 Å². The smallest absolute Gasteiger partial charge is 0.145 e. The normalized spacial score (nSPS) is 14.5. The Kier molecular flexibility index (Phi) is 5.38. The summed E-state index contributed by atoms with van der Waals surface area (Å²) >= 11 is 0. The number of hydrogen-bond acceptors (Lipinski definition) is 4. The number of ether oxygens (including phenoxy) is 3. The summed E-state index contributed by atoms with van der Waals surface area (Å²) in [6.45, 7) is 6.61. The molecular formula is C20H25NO3. The molecule has 0 radical (unpaired) electrons. The van der Waals surface area contributed by atoms with E-state index in [1.54, 1.807) is 0 Å². The molecule has 0 saturated carbocycles. The van der Waals surface area contributed by atoms with Crippen LogP contribution in [-0.4, -0.2) is 19.3 Å². The van der Waals surface area contributed by atoms with Crippen molar-refractivity contribution in [3.63, 3.8) is 0 Å². The van der Waals surface area contributed by atoms with E-state index in [0.29, 0.717) is 32.3 Å². The molecule has 0 unspecified atom stereocenters. The van der Waals surface area contributed by atoms with Gasteiger partial charge >= 0.3 is 0 Å². The molecule has 0 amide bonds. The monoisotopic (exact) mass is 327 g/mol. The molecule has 1 heterocycles. The molecule has 3 rings (SSSR count). The minimum absolute atomic E-state index is 0.127. The van der Waals surface area contributed by atoms with E-state index in [9.17, 15) is 0 Å². The second-order valence-corrected chi connectivity index (χ2v) is 6.44. The maximum Gasteiger partial charge on any atom is 0.145 e. The van der Waals surface area contributed by atoms with Gasteiger partial charge in [0.15, 0.2) is 0 Å². The van der Waals surface area contributed by atoms with Gasteiger partial charge in [0.2, 0.25) is 0 Å². The van der Waals surface area contributed by atoms with Gasteiger partial charge in [-0.2, -0.15) is 0 Å². The first-order valence-corrected chi connectivity index (χ1v) is 8.44. The molecule has 1 aliphatic rings. The van der Waals surface area contributed by atoms with Crippen molar-refractivity contribution < 1.29 is 14.2 Å². The van der Waals surface area contributed by atoms with Crippen LogP contribution in [-0.2, 0) is 17.9 Å². The average Bonchev–Trinajstić information content (AvgIpc) is 2.57. The molecule has 2 N–H and O–H groups in total. The minimum Gasteiger partial charge on any atom is -0.489 e. The van der Waals surface area contributed by atoms with Crippen molar-refractivity contribution in [2.75, 3.05) is 13.2 Å². The van der Waals surface area contributed by atoms with E-state index in [1.807, 2.05) is 30.3 Å². The average molecular weight is 327 g/mol. The van der Waals surface area contributed by atoms with E-state index in [0.717, 1.165) is 22.6 Å². The maximum absolute atomic E-state index is 6.00. The molecule has 2 aromatic rings. The molecule has 24 heavy (non-hydrogen) atoms. The van der Waals surface area contributed by atoms with Gasteiger partial charge in [-0.05, 0) is 35.2 Å². The van der Waals surface area contributed by atoms with Crippen LogP contribution >= 0.6 is 0 Å². The summed E-state index contributed by atoms with van der Waals surface area (Å²) in [6, 6.07) is 14.3. The quantitative estimate of drug-likeness (QED) is 0.844.